The average molecular weight is 317 g/mol. The van der Waals surface area contributed by atoms with E-state index < -0.39 is 17.7 Å². The lowest BCUT2D eigenvalue weighted by molar-refractivity contribution is 0.182. The number of aromatic nitrogens is 2. The molecule has 21 heavy (non-hydrogen) atoms. The van der Waals surface area contributed by atoms with Crippen LogP contribution >= 0.6 is 11.6 Å². The van der Waals surface area contributed by atoms with Gasteiger partial charge in [-0.05, 0) is 6.07 Å². The highest BCUT2D eigenvalue weighted by Crippen LogP contribution is 2.29. The Hall–Kier alpha value is -1.54. The Morgan fingerprint density at radius 1 is 1.48 bits per heavy atom. The van der Waals surface area contributed by atoms with Crippen LogP contribution in [0.4, 0.5) is 8.78 Å². The van der Waals surface area contributed by atoms with E-state index in [1.807, 2.05) is 0 Å². The smallest absolute Gasteiger partial charge is 0.131 e. The number of rotatable bonds is 6. The number of ether oxygens (including phenoxy) is 1. The summed E-state index contributed by atoms with van der Waals surface area (Å²) in [6, 6.07) is 2.52. The van der Waals surface area contributed by atoms with Crippen molar-refractivity contribution in [2.75, 3.05) is 13.7 Å². The number of nitrogens with two attached hydrogens (primary N) is 1. The van der Waals surface area contributed by atoms with Crippen LogP contribution in [0, 0.1) is 11.6 Å². The van der Waals surface area contributed by atoms with Crippen LogP contribution in [0.15, 0.2) is 24.4 Å². The second kappa shape index (κ2) is 6.95. The molecule has 0 aliphatic carbocycles. The molecule has 1 aromatic heterocycles. The lowest BCUT2D eigenvalue weighted by atomic mass is 10.0. The van der Waals surface area contributed by atoms with Crippen molar-refractivity contribution in [2.24, 2.45) is 5.84 Å². The summed E-state index contributed by atoms with van der Waals surface area (Å²) in [5.41, 5.74) is 3.16. The lowest BCUT2D eigenvalue weighted by Gasteiger charge is -2.19. The minimum atomic E-state index is -0.752. The molecular weight excluding hydrogens is 302 g/mol. The number of hydrogen-bond acceptors (Lipinski definition) is 4. The van der Waals surface area contributed by atoms with E-state index in [9.17, 15) is 8.78 Å². The van der Waals surface area contributed by atoms with Gasteiger partial charge in [0.1, 0.15) is 11.6 Å². The topological polar surface area (TPSA) is 65.1 Å². The van der Waals surface area contributed by atoms with Gasteiger partial charge in [-0.25, -0.2) is 14.2 Å². The fourth-order valence-electron chi connectivity index (χ4n) is 2.07. The van der Waals surface area contributed by atoms with Crippen LogP contribution in [0.1, 0.15) is 17.3 Å². The van der Waals surface area contributed by atoms with Crippen molar-refractivity contribution < 1.29 is 13.5 Å². The van der Waals surface area contributed by atoms with E-state index in [0.717, 1.165) is 12.1 Å². The molecule has 0 fully saturated rings. The predicted molar refractivity (Wildman–Crippen MR) is 74.6 cm³/mol. The van der Waals surface area contributed by atoms with Crippen LogP contribution in [0.25, 0.3) is 0 Å². The Morgan fingerprint density at radius 3 is 2.86 bits per heavy atom. The number of hydrazine groups is 1. The molecule has 0 saturated carbocycles. The molecule has 5 nitrogen and oxygen atoms in total. The highest BCUT2D eigenvalue weighted by molar-refractivity contribution is 6.31. The van der Waals surface area contributed by atoms with Crippen molar-refractivity contribution in [3.8, 4) is 0 Å². The largest absolute Gasteiger partial charge is 0.383 e. The number of halogens is 3. The van der Waals surface area contributed by atoms with Gasteiger partial charge in [-0.3, -0.25) is 10.5 Å². The fourth-order valence-corrected chi connectivity index (χ4v) is 2.32. The molecule has 8 heteroatoms. The first-order valence-corrected chi connectivity index (χ1v) is 6.57. The van der Waals surface area contributed by atoms with Crippen LogP contribution in [-0.2, 0) is 11.3 Å². The van der Waals surface area contributed by atoms with Crippen LogP contribution in [0.2, 0.25) is 5.02 Å². The summed E-state index contributed by atoms with van der Waals surface area (Å²) in [5, 5.41) is 4.44. The summed E-state index contributed by atoms with van der Waals surface area (Å²) in [6.07, 6.45) is 1.44. The molecule has 1 atom stereocenters. The Morgan fingerprint density at radius 2 is 2.24 bits per heavy atom. The molecule has 114 valence electrons. The molecule has 2 aromatic rings. The number of nitrogens with zero attached hydrogens (tertiary/aromatic N) is 2. The summed E-state index contributed by atoms with van der Waals surface area (Å²) < 4.78 is 33.6. The molecule has 2 rings (SSSR count). The third kappa shape index (κ3) is 3.38. The van der Waals surface area contributed by atoms with Gasteiger partial charge >= 0.3 is 0 Å². The van der Waals surface area contributed by atoms with E-state index in [1.54, 1.807) is 11.8 Å². The normalized spacial score (nSPS) is 12.6. The van der Waals surface area contributed by atoms with Crippen molar-refractivity contribution in [1.82, 2.24) is 15.2 Å². The van der Waals surface area contributed by atoms with Gasteiger partial charge in [0.15, 0.2) is 0 Å². The SMILES string of the molecule is COCCn1ncc(Cl)c1C(NN)c1ccc(F)cc1F. The second-order valence-corrected chi connectivity index (χ2v) is 4.77. The summed E-state index contributed by atoms with van der Waals surface area (Å²) in [6.45, 7) is 0.841. The molecule has 0 saturated heterocycles. The molecule has 0 spiro atoms. The van der Waals surface area contributed by atoms with E-state index in [4.69, 9.17) is 22.2 Å². The Kier molecular flexibility index (Phi) is 5.24. The van der Waals surface area contributed by atoms with Gasteiger partial charge in [0.05, 0.1) is 36.1 Å². The van der Waals surface area contributed by atoms with Crippen LogP contribution < -0.4 is 11.3 Å². The first kappa shape index (κ1) is 15.8. The Labute approximate surface area is 125 Å². The third-order valence-electron chi connectivity index (χ3n) is 3.05. The van der Waals surface area contributed by atoms with E-state index in [-0.39, 0.29) is 5.56 Å². The molecule has 1 unspecified atom stereocenters. The van der Waals surface area contributed by atoms with Crippen molar-refractivity contribution in [3.63, 3.8) is 0 Å². The van der Waals surface area contributed by atoms with Gasteiger partial charge in [0.2, 0.25) is 0 Å². The average Bonchev–Trinajstić information content (AvgIpc) is 2.81. The number of nitrogens with one attached hydrogen (secondary N) is 1. The van der Waals surface area contributed by atoms with Gasteiger partial charge in [-0.1, -0.05) is 17.7 Å². The highest BCUT2D eigenvalue weighted by atomic mass is 35.5. The van der Waals surface area contributed by atoms with Crippen LogP contribution in [0.3, 0.4) is 0 Å². The number of methoxy groups -OCH3 is 1. The maximum absolute atomic E-state index is 14.0. The molecule has 1 aromatic carbocycles. The van der Waals surface area contributed by atoms with Crippen molar-refractivity contribution >= 4 is 11.6 Å². The maximum atomic E-state index is 14.0. The summed E-state index contributed by atoms with van der Waals surface area (Å²) in [5.74, 6) is 4.15. The minimum Gasteiger partial charge on any atom is -0.383 e. The number of hydrogen-bond donors (Lipinski definition) is 2. The van der Waals surface area contributed by atoms with E-state index >= 15 is 0 Å². The molecular formula is C13H15ClF2N4O. The highest BCUT2D eigenvalue weighted by Gasteiger charge is 2.24. The van der Waals surface area contributed by atoms with Gasteiger partial charge < -0.3 is 4.74 Å². The number of benzene rings is 1. The second-order valence-electron chi connectivity index (χ2n) is 4.36. The van der Waals surface area contributed by atoms with Gasteiger partial charge in [-0.15, -0.1) is 0 Å². The molecule has 0 aliphatic heterocycles. The standard InChI is InChI=1S/C13H15ClF2N4O/c1-21-5-4-20-13(10(14)7-18-20)12(19-17)9-3-2-8(15)6-11(9)16/h2-3,6-7,12,19H,4-5,17H2,1H3. The molecule has 3 N–H and O–H groups in total. The van der Waals surface area contributed by atoms with Crippen LogP contribution in [0.5, 0.6) is 0 Å². The zero-order chi connectivity index (χ0) is 15.4. The van der Waals surface area contributed by atoms with Crippen LogP contribution in [-0.4, -0.2) is 23.5 Å². The van der Waals surface area contributed by atoms with E-state index in [2.05, 4.69) is 10.5 Å². The monoisotopic (exact) mass is 316 g/mol. The minimum absolute atomic E-state index is 0.181. The summed E-state index contributed by atoms with van der Waals surface area (Å²) >= 11 is 6.11. The van der Waals surface area contributed by atoms with E-state index in [1.165, 1.54) is 12.3 Å². The fraction of sp³-hybridized carbons (Fsp3) is 0.308. The van der Waals surface area contributed by atoms with E-state index in [0.29, 0.717) is 23.9 Å². The zero-order valence-corrected chi connectivity index (χ0v) is 12.1. The van der Waals surface area contributed by atoms with Crippen molar-refractivity contribution in [2.45, 2.75) is 12.6 Å². The maximum Gasteiger partial charge on any atom is 0.131 e. The van der Waals surface area contributed by atoms with Crippen molar-refractivity contribution in [3.05, 3.63) is 52.3 Å². The molecule has 0 bridgehead atoms. The lowest BCUT2D eigenvalue weighted by Crippen LogP contribution is -2.32. The first-order valence-electron chi connectivity index (χ1n) is 6.19. The van der Waals surface area contributed by atoms with Gasteiger partial charge in [-0.2, -0.15) is 5.10 Å². The van der Waals surface area contributed by atoms with Crippen molar-refractivity contribution in [1.29, 1.82) is 0 Å². The summed E-state index contributed by atoms with van der Waals surface area (Å²) in [7, 11) is 1.56. The van der Waals surface area contributed by atoms with Gasteiger partial charge in [0.25, 0.3) is 0 Å². The molecule has 0 aliphatic rings. The first-order chi connectivity index (χ1) is 10.1. The predicted octanol–water partition coefficient (Wildman–Crippen LogP) is 2.01. The van der Waals surface area contributed by atoms with Gasteiger partial charge in [0, 0.05) is 18.7 Å². The summed E-state index contributed by atoms with van der Waals surface area (Å²) in [4.78, 5) is 0. The third-order valence-corrected chi connectivity index (χ3v) is 3.35. The quantitative estimate of drug-likeness (QED) is 0.632. The molecule has 0 radical (unpaired) electrons. The zero-order valence-electron chi connectivity index (χ0n) is 11.3. The molecule has 1 heterocycles. The Bertz CT molecular complexity index is 620. The Balaban J connectivity index is 2.43. The molecule has 0 amide bonds.